The summed E-state index contributed by atoms with van der Waals surface area (Å²) in [6, 6.07) is 2.50. The minimum atomic E-state index is -4.62. The van der Waals surface area contributed by atoms with Crippen LogP contribution in [0.2, 0.25) is 5.02 Å². The van der Waals surface area contributed by atoms with Crippen LogP contribution in [0.1, 0.15) is 10.6 Å². The van der Waals surface area contributed by atoms with Gasteiger partial charge in [0.25, 0.3) is 10.0 Å². The number of nitrogens with zero attached hydrogens (tertiary/aromatic N) is 1. The summed E-state index contributed by atoms with van der Waals surface area (Å²) in [4.78, 5) is 3.79. The highest BCUT2D eigenvalue weighted by molar-refractivity contribution is 7.94. The van der Waals surface area contributed by atoms with E-state index in [9.17, 15) is 21.6 Å². The van der Waals surface area contributed by atoms with Gasteiger partial charge in [0.2, 0.25) is 0 Å². The van der Waals surface area contributed by atoms with Crippen LogP contribution in [-0.2, 0) is 16.2 Å². The third-order valence-corrected chi connectivity index (χ3v) is 5.32. The maximum Gasteiger partial charge on any atom is 0.416 e. The first kappa shape index (κ1) is 16.1. The van der Waals surface area contributed by atoms with Crippen LogP contribution in [-0.4, -0.2) is 13.4 Å². The standard InChI is InChI=1S/C11H8ClF3N2O2S2/c1-6-16-5-10(20-6)21(18,19)17-9-3-7(11(13,14)15)2-8(12)4-9/h2-5,17H,1H3. The molecule has 0 unspecified atom stereocenters. The molecular weight excluding hydrogens is 349 g/mol. The van der Waals surface area contributed by atoms with Gasteiger partial charge in [-0.1, -0.05) is 11.6 Å². The fourth-order valence-electron chi connectivity index (χ4n) is 1.48. The Morgan fingerprint density at radius 1 is 1.29 bits per heavy atom. The molecule has 0 atom stereocenters. The zero-order chi connectivity index (χ0) is 15.8. The first-order valence-electron chi connectivity index (χ1n) is 5.41. The van der Waals surface area contributed by atoms with Crippen molar-refractivity contribution in [3.8, 4) is 0 Å². The van der Waals surface area contributed by atoms with Gasteiger partial charge in [0.1, 0.15) is 0 Å². The third kappa shape index (κ3) is 3.86. The number of nitrogens with one attached hydrogen (secondary N) is 1. The van der Waals surface area contributed by atoms with Gasteiger partial charge >= 0.3 is 6.18 Å². The Labute approximate surface area is 127 Å². The van der Waals surface area contributed by atoms with Crippen LogP contribution >= 0.6 is 22.9 Å². The number of anilines is 1. The highest BCUT2D eigenvalue weighted by atomic mass is 35.5. The van der Waals surface area contributed by atoms with Crippen LogP contribution in [0, 0.1) is 6.92 Å². The minimum absolute atomic E-state index is 0.0893. The number of alkyl halides is 3. The second-order valence-corrected chi connectivity index (χ2v) is 7.61. The summed E-state index contributed by atoms with van der Waals surface area (Å²) in [6.45, 7) is 1.62. The number of thiazole rings is 1. The molecule has 0 saturated carbocycles. The maximum absolute atomic E-state index is 12.7. The number of rotatable bonds is 3. The zero-order valence-corrected chi connectivity index (χ0v) is 12.8. The van der Waals surface area contributed by atoms with E-state index in [0.29, 0.717) is 11.1 Å². The van der Waals surface area contributed by atoms with E-state index < -0.39 is 21.8 Å². The number of hydrogen-bond acceptors (Lipinski definition) is 4. The van der Waals surface area contributed by atoms with Crippen molar-refractivity contribution in [1.82, 2.24) is 4.98 Å². The number of sulfonamides is 1. The predicted octanol–water partition coefficient (Wildman–Crippen LogP) is 3.92. The number of aromatic nitrogens is 1. The lowest BCUT2D eigenvalue weighted by Crippen LogP contribution is -2.13. The van der Waals surface area contributed by atoms with E-state index in [0.717, 1.165) is 29.7 Å². The van der Waals surface area contributed by atoms with Crippen molar-refractivity contribution in [2.75, 3.05) is 4.72 Å². The molecule has 0 aliphatic rings. The molecule has 4 nitrogen and oxygen atoms in total. The molecule has 1 aromatic carbocycles. The summed E-state index contributed by atoms with van der Waals surface area (Å²) in [6.07, 6.45) is -3.48. The fourth-order valence-corrected chi connectivity index (χ4v) is 3.87. The fraction of sp³-hybridized carbons (Fsp3) is 0.182. The topological polar surface area (TPSA) is 59.1 Å². The number of halogens is 4. The van der Waals surface area contributed by atoms with Gasteiger partial charge < -0.3 is 0 Å². The van der Waals surface area contributed by atoms with Gasteiger partial charge in [-0.05, 0) is 25.1 Å². The molecule has 1 N–H and O–H groups in total. The molecule has 2 rings (SSSR count). The lowest BCUT2D eigenvalue weighted by atomic mass is 10.2. The first-order valence-corrected chi connectivity index (χ1v) is 8.09. The van der Waals surface area contributed by atoms with Crippen molar-refractivity contribution in [1.29, 1.82) is 0 Å². The molecule has 0 aliphatic heterocycles. The number of aryl methyl sites for hydroxylation is 1. The smallest absolute Gasteiger partial charge is 0.279 e. The van der Waals surface area contributed by atoms with Crippen molar-refractivity contribution in [3.63, 3.8) is 0 Å². The molecule has 0 radical (unpaired) electrons. The van der Waals surface area contributed by atoms with E-state index in [1.54, 1.807) is 6.92 Å². The molecule has 0 aliphatic carbocycles. The molecule has 2 aromatic rings. The van der Waals surface area contributed by atoms with Crippen LogP contribution in [0.25, 0.3) is 0 Å². The molecule has 114 valence electrons. The lowest BCUT2D eigenvalue weighted by Gasteiger charge is -2.11. The Balaban J connectivity index is 2.38. The van der Waals surface area contributed by atoms with Gasteiger partial charge in [-0.2, -0.15) is 13.2 Å². The van der Waals surface area contributed by atoms with E-state index in [4.69, 9.17) is 11.6 Å². The third-order valence-electron chi connectivity index (χ3n) is 2.34. The Morgan fingerprint density at radius 3 is 2.48 bits per heavy atom. The van der Waals surface area contributed by atoms with E-state index >= 15 is 0 Å². The average Bonchev–Trinajstić information content (AvgIpc) is 2.74. The van der Waals surface area contributed by atoms with Gasteiger partial charge in [0, 0.05) is 5.02 Å². The summed E-state index contributed by atoms with van der Waals surface area (Å²) in [5, 5.41) is 0.306. The molecular formula is C11H8ClF3N2O2S2. The van der Waals surface area contributed by atoms with Gasteiger partial charge in [-0.25, -0.2) is 13.4 Å². The molecule has 0 amide bonds. The Kier molecular flexibility index (Phi) is 4.18. The van der Waals surface area contributed by atoms with Crippen LogP contribution < -0.4 is 4.72 Å². The molecule has 0 bridgehead atoms. The Bertz CT molecular complexity index is 772. The quantitative estimate of drug-likeness (QED) is 0.906. The number of hydrogen-bond donors (Lipinski definition) is 1. The van der Waals surface area contributed by atoms with Crippen molar-refractivity contribution in [3.05, 3.63) is 40.0 Å². The second-order valence-electron chi connectivity index (χ2n) is 4.03. The van der Waals surface area contributed by atoms with Crippen LogP contribution in [0.3, 0.4) is 0 Å². The van der Waals surface area contributed by atoms with Crippen molar-refractivity contribution < 1.29 is 21.6 Å². The molecule has 1 aromatic heterocycles. The van der Waals surface area contributed by atoms with E-state index in [2.05, 4.69) is 9.71 Å². The van der Waals surface area contributed by atoms with Crippen LogP contribution in [0.4, 0.5) is 18.9 Å². The maximum atomic E-state index is 12.7. The van der Waals surface area contributed by atoms with E-state index in [1.807, 2.05) is 0 Å². The zero-order valence-electron chi connectivity index (χ0n) is 10.4. The molecule has 1 heterocycles. The largest absolute Gasteiger partial charge is 0.416 e. The number of benzene rings is 1. The van der Waals surface area contributed by atoms with Crippen molar-refractivity contribution in [2.45, 2.75) is 17.3 Å². The summed E-state index contributed by atoms with van der Waals surface area (Å²) in [7, 11) is -3.99. The Morgan fingerprint density at radius 2 is 1.95 bits per heavy atom. The molecule has 0 spiro atoms. The molecule has 0 fully saturated rings. The summed E-state index contributed by atoms with van der Waals surface area (Å²) < 4.78 is 64.0. The minimum Gasteiger partial charge on any atom is -0.279 e. The van der Waals surface area contributed by atoms with Crippen molar-refractivity contribution >= 4 is 38.6 Å². The molecule has 0 saturated heterocycles. The predicted molar refractivity (Wildman–Crippen MR) is 74.1 cm³/mol. The monoisotopic (exact) mass is 356 g/mol. The highest BCUT2D eigenvalue weighted by Crippen LogP contribution is 2.34. The van der Waals surface area contributed by atoms with Gasteiger partial charge in [0.05, 0.1) is 22.5 Å². The van der Waals surface area contributed by atoms with Gasteiger partial charge in [0.15, 0.2) is 4.21 Å². The first-order chi connectivity index (χ1) is 9.58. The average molecular weight is 357 g/mol. The van der Waals surface area contributed by atoms with Crippen LogP contribution in [0.5, 0.6) is 0 Å². The van der Waals surface area contributed by atoms with Crippen LogP contribution in [0.15, 0.2) is 28.6 Å². The van der Waals surface area contributed by atoms with Crippen molar-refractivity contribution in [2.24, 2.45) is 0 Å². The molecule has 10 heteroatoms. The SMILES string of the molecule is Cc1ncc(S(=O)(=O)Nc2cc(Cl)cc(C(F)(F)F)c2)s1. The summed E-state index contributed by atoms with van der Waals surface area (Å²) in [5.74, 6) is 0. The molecule has 21 heavy (non-hydrogen) atoms. The van der Waals surface area contributed by atoms with E-state index in [1.165, 1.54) is 0 Å². The summed E-state index contributed by atoms with van der Waals surface area (Å²) >= 11 is 6.50. The van der Waals surface area contributed by atoms with E-state index in [-0.39, 0.29) is 14.9 Å². The second kappa shape index (κ2) is 5.47. The Hall–Kier alpha value is -1.32. The highest BCUT2D eigenvalue weighted by Gasteiger charge is 2.31. The van der Waals surface area contributed by atoms with Gasteiger partial charge in [-0.15, -0.1) is 11.3 Å². The normalized spacial score (nSPS) is 12.4. The summed E-state index contributed by atoms with van der Waals surface area (Å²) in [5.41, 5.74) is -1.30. The van der Waals surface area contributed by atoms with Gasteiger partial charge in [-0.3, -0.25) is 4.72 Å². The lowest BCUT2D eigenvalue weighted by molar-refractivity contribution is -0.137.